The highest BCUT2D eigenvalue weighted by atomic mass is 16.5. The van der Waals surface area contributed by atoms with E-state index in [2.05, 4.69) is 10.2 Å². The van der Waals surface area contributed by atoms with Crippen LogP contribution in [0.3, 0.4) is 0 Å². The van der Waals surface area contributed by atoms with Gasteiger partial charge in [0, 0.05) is 37.2 Å². The Kier molecular flexibility index (Phi) is 3.77. The lowest BCUT2D eigenvalue weighted by Crippen LogP contribution is -2.42. The van der Waals surface area contributed by atoms with Gasteiger partial charge in [-0.3, -0.25) is 9.89 Å². The van der Waals surface area contributed by atoms with Crippen LogP contribution in [0.2, 0.25) is 0 Å². The van der Waals surface area contributed by atoms with Gasteiger partial charge in [-0.25, -0.2) is 0 Å². The van der Waals surface area contributed by atoms with Crippen molar-refractivity contribution in [1.29, 1.82) is 0 Å². The Labute approximate surface area is 135 Å². The molecule has 2 aliphatic rings. The fraction of sp³-hybridized carbons (Fsp3) is 0.444. The second-order valence-electron chi connectivity index (χ2n) is 6.31. The van der Waals surface area contributed by atoms with Gasteiger partial charge in [0.05, 0.1) is 0 Å². The fourth-order valence-electron chi connectivity index (χ4n) is 3.51. The van der Waals surface area contributed by atoms with Gasteiger partial charge in [-0.15, -0.1) is 0 Å². The number of fused-ring (bicyclic) bond motifs is 1. The molecular formula is C18H21N3O2. The van der Waals surface area contributed by atoms with Gasteiger partial charge in [-0.2, -0.15) is 5.10 Å². The van der Waals surface area contributed by atoms with E-state index in [1.165, 1.54) is 0 Å². The van der Waals surface area contributed by atoms with Crippen molar-refractivity contribution in [1.82, 2.24) is 15.1 Å². The monoisotopic (exact) mass is 311 g/mol. The first kappa shape index (κ1) is 14.3. The molecule has 5 heteroatoms. The quantitative estimate of drug-likeness (QED) is 0.948. The van der Waals surface area contributed by atoms with Gasteiger partial charge in [0.15, 0.2) is 5.69 Å². The van der Waals surface area contributed by atoms with Crippen LogP contribution in [-0.2, 0) is 12.8 Å². The summed E-state index contributed by atoms with van der Waals surface area (Å²) >= 11 is 0. The zero-order chi connectivity index (χ0) is 15.6. The molecule has 1 aromatic heterocycles. The second kappa shape index (κ2) is 6.07. The number of carbonyl (C=O) groups excluding carboxylic acids is 1. The highest BCUT2D eigenvalue weighted by Crippen LogP contribution is 2.25. The summed E-state index contributed by atoms with van der Waals surface area (Å²) < 4.78 is 5.99. The Morgan fingerprint density at radius 3 is 2.74 bits per heavy atom. The molecule has 1 fully saturated rings. The number of aryl methyl sites for hydroxylation is 1. The Balaban J connectivity index is 1.37. The molecule has 2 aromatic rings. The molecule has 0 atom stereocenters. The predicted molar refractivity (Wildman–Crippen MR) is 86.6 cm³/mol. The lowest BCUT2D eigenvalue weighted by molar-refractivity contribution is 0.0589. The van der Waals surface area contributed by atoms with Crippen LogP contribution in [0.1, 0.15) is 41.0 Å². The van der Waals surface area contributed by atoms with Crippen LogP contribution in [-0.4, -0.2) is 40.2 Å². The Bertz CT molecular complexity index is 688. The summed E-state index contributed by atoms with van der Waals surface area (Å²) in [4.78, 5) is 14.6. The molecule has 1 aliphatic heterocycles. The van der Waals surface area contributed by atoms with Crippen molar-refractivity contribution in [2.45, 2.75) is 38.2 Å². The van der Waals surface area contributed by atoms with Crippen LogP contribution in [0.25, 0.3) is 0 Å². The van der Waals surface area contributed by atoms with Gasteiger partial charge in [0.25, 0.3) is 5.91 Å². The first-order chi connectivity index (χ1) is 11.3. The third-order valence-electron chi connectivity index (χ3n) is 4.78. The molecule has 2 heterocycles. The Morgan fingerprint density at radius 2 is 1.96 bits per heavy atom. The van der Waals surface area contributed by atoms with Crippen molar-refractivity contribution in [3.63, 3.8) is 0 Å². The van der Waals surface area contributed by atoms with E-state index in [1.54, 1.807) is 0 Å². The van der Waals surface area contributed by atoms with E-state index < -0.39 is 0 Å². The van der Waals surface area contributed by atoms with E-state index in [-0.39, 0.29) is 12.0 Å². The standard InChI is InChI=1S/C18H21N3O2/c22-18(17-15-7-4-8-16(15)19-20-17)21-11-9-14(10-12-21)23-13-5-2-1-3-6-13/h1-3,5-6,14H,4,7-12H2,(H,19,20). The number of carbonyl (C=O) groups is 1. The van der Waals surface area contributed by atoms with Crippen LogP contribution in [0.4, 0.5) is 0 Å². The molecule has 0 radical (unpaired) electrons. The normalized spacial score (nSPS) is 18.0. The fourth-order valence-corrected chi connectivity index (χ4v) is 3.51. The lowest BCUT2D eigenvalue weighted by atomic mass is 10.1. The summed E-state index contributed by atoms with van der Waals surface area (Å²) in [7, 11) is 0. The maximum absolute atomic E-state index is 12.7. The van der Waals surface area contributed by atoms with Crippen LogP contribution in [0.15, 0.2) is 30.3 Å². The molecule has 23 heavy (non-hydrogen) atoms. The van der Waals surface area contributed by atoms with E-state index in [0.717, 1.165) is 62.2 Å². The molecule has 1 aromatic carbocycles. The van der Waals surface area contributed by atoms with Crippen LogP contribution < -0.4 is 4.74 Å². The molecule has 0 saturated carbocycles. The smallest absolute Gasteiger partial charge is 0.274 e. The molecule has 1 amide bonds. The summed E-state index contributed by atoms with van der Waals surface area (Å²) in [5.74, 6) is 0.977. The molecule has 0 bridgehead atoms. The zero-order valence-corrected chi connectivity index (χ0v) is 13.1. The third kappa shape index (κ3) is 2.83. The summed E-state index contributed by atoms with van der Waals surface area (Å²) in [6.07, 6.45) is 5.03. The van der Waals surface area contributed by atoms with Crippen molar-refractivity contribution in [2.24, 2.45) is 0 Å². The number of benzene rings is 1. The summed E-state index contributed by atoms with van der Waals surface area (Å²) in [6, 6.07) is 9.89. The lowest BCUT2D eigenvalue weighted by Gasteiger charge is -2.32. The van der Waals surface area contributed by atoms with Gasteiger partial charge in [-0.05, 0) is 31.4 Å². The van der Waals surface area contributed by atoms with Crippen molar-refractivity contribution >= 4 is 5.91 Å². The van der Waals surface area contributed by atoms with E-state index in [9.17, 15) is 4.79 Å². The molecule has 1 saturated heterocycles. The van der Waals surface area contributed by atoms with Gasteiger partial charge in [-0.1, -0.05) is 18.2 Å². The Hall–Kier alpha value is -2.30. The van der Waals surface area contributed by atoms with E-state index in [1.807, 2.05) is 35.2 Å². The average molecular weight is 311 g/mol. The minimum atomic E-state index is 0.0718. The molecule has 0 spiro atoms. The number of likely N-dealkylation sites (tertiary alicyclic amines) is 1. The molecular weight excluding hydrogens is 290 g/mol. The number of H-pyrrole nitrogens is 1. The molecule has 4 rings (SSSR count). The first-order valence-corrected chi connectivity index (χ1v) is 8.38. The number of nitrogens with zero attached hydrogens (tertiary/aromatic N) is 2. The third-order valence-corrected chi connectivity index (χ3v) is 4.78. The van der Waals surface area contributed by atoms with Gasteiger partial charge in [0.2, 0.25) is 0 Å². The predicted octanol–water partition coefficient (Wildman–Crippen LogP) is 2.58. The van der Waals surface area contributed by atoms with Gasteiger partial charge >= 0.3 is 0 Å². The number of hydrogen-bond acceptors (Lipinski definition) is 3. The summed E-state index contributed by atoms with van der Waals surface area (Å²) in [6.45, 7) is 1.47. The first-order valence-electron chi connectivity index (χ1n) is 8.38. The molecule has 5 nitrogen and oxygen atoms in total. The number of aromatic amines is 1. The number of amides is 1. The van der Waals surface area contributed by atoms with E-state index >= 15 is 0 Å². The van der Waals surface area contributed by atoms with Crippen molar-refractivity contribution < 1.29 is 9.53 Å². The zero-order valence-electron chi connectivity index (χ0n) is 13.1. The van der Waals surface area contributed by atoms with E-state index in [0.29, 0.717) is 5.69 Å². The van der Waals surface area contributed by atoms with Crippen molar-refractivity contribution in [3.8, 4) is 5.75 Å². The number of para-hydroxylation sites is 1. The number of hydrogen-bond donors (Lipinski definition) is 1. The number of nitrogens with one attached hydrogen (secondary N) is 1. The van der Waals surface area contributed by atoms with Crippen molar-refractivity contribution in [3.05, 3.63) is 47.3 Å². The topological polar surface area (TPSA) is 58.2 Å². The van der Waals surface area contributed by atoms with Crippen molar-refractivity contribution in [2.75, 3.05) is 13.1 Å². The minimum absolute atomic E-state index is 0.0718. The van der Waals surface area contributed by atoms with Crippen LogP contribution in [0, 0.1) is 0 Å². The summed E-state index contributed by atoms with van der Waals surface area (Å²) in [5, 5.41) is 7.28. The molecule has 1 aliphatic carbocycles. The molecule has 1 N–H and O–H groups in total. The average Bonchev–Trinajstić information content (AvgIpc) is 3.19. The van der Waals surface area contributed by atoms with E-state index in [4.69, 9.17) is 4.74 Å². The number of aromatic nitrogens is 2. The minimum Gasteiger partial charge on any atom is -0.490 e. The summed E-state index contributed by atoms with van der Waals surface area (Å²) in [5.41, 5.74) is 2.92. The second-order valence-corrected chi connectivity index (χ2v) is 6.31. The van der Waals surface area contributed by atoms with Crippen LogP contribution >= 0.6 is 0 Å². The van der Waals surface area contributed by atoms with Crippen LogP contribution in [0.5, 0.6) is 5.75 Å². The number of ether oxygens (including phenoxy) is 1. The highest BCUT2D eigenvalue weighted by molar-refractivity contribution is 5.94. The number of rotatable bonds is 3. The largest absolute Gasteiger partial charge is 0.490 e. The SMILES string of the molecule is O=C(c1n[nH]c2c1CCC2)N1CCC(Oc2ccccc2)CC1. The maximum Gasteiger partial charge on any atom is 0.274 e. The Morgan fingerprint density at radius 1 is 1.17 bits per heavy atom. The highest BCUT2D eigenvalue weighted by Gasteiger charge is 2.29. The van der Waals surface area contributed by atoms with Gasteiger partial charge < -0.3 is 9.64 Å². The van der Waals surface area contributed by atoms with Gasteiger partial charge in [0.1, 0.15) is 11.9 Å². The number of piperidine rings is 1. The molecule has 120 valence electrons. The maximum atomic E-state index is 12.7. The molecule has 0 unspecified atom stereocenters.